The minimum Gasteiger partial charge on any atom is -0.435 e. The summed E-state index contributed by atoms with van der Waals surface area (Å²) in [6, 6.07) is 17.2. The highest BCUT2D eigenvalue weighted by Crippen LogP contribution is 2.21. The summed E-state index contributed by atoms with van der Waals surface area (Å²) in [5.41, 5.74) is 2.62. The Hall–Kier alpha value is -2.58. The zero-order valence-electron chi connectivity index (χ0n) is 10.9. The van der Waals surface area contributed by atoms with Crippen molar-refractivity contribution in [2.24, 2.45) is 0 Å². The molecule has 0 aliphatic carbocycles. The average Bonchev–Trinajstić information content (AvgIpc) is 2.93. The smallest absolute Gasteiger partial charge is 0.239 e. The maximum atomic E-state index is 9.26. The van der Waals surface area contributed by atoms with Gasteiger partial charge in [0.15, 0.2) is 5.58 Å². The Kier molecular flexibility index (Phi) is 3.71. The predicted molar refractivity (Wildman–Crippen MR) is 85.4 cm³/mol. The van der Waals surface area contributed by atoms with Crippen LogP contribution in [0.1, 0.15) is 5.89 Å². The van der Waals surface area contributed by atoms with Crippen molar-refractivity contribution in [3.63, 3.8) is 0 Å². The summed E-state index contributed by atoms with van der Waals surface area (Å²) in [7, 11) is 0. The maximum Gasteiger partial charge on any atom is 0.239 e. The number of nitrogens with zero attached hydrogens (tertiary/aromatic N) is 2. The van der Waals surface area contributed by atoms with Gasteiger partial charge in [0.2, 0.25) is 5.89 Å². The van der Waals surface area contributed by atoms with Gasteiger partial charge in [-0.2, -0.15) is 5.26 Å². The van der Waals surface area contributed by atoms with Gasteiger partial charge in [0, 0.05) is 16.4 Å². The monoisotopic (exact) mass is 339 g/mol. The van der Waals surface area contributed by atoms with Gasteiger partial charge in [-0.1, -0.05) is 28.1 Å². The molecule has 0 amide bonds. The van der Waals surface area contributed by atoms with Crippen LogP contribution in [0.4, 0.5) is 5.69 Å². The highest BCUT2D eigenvalue weighted by atomic mass is 79.9. The van der Waals surface area contributed by atoms with Crippen LogP contribution in [-0.4, -0.2) is 4.98 Å². The summed E-state index contributed by atoms with van der Waals surface area (Å²) in [5, 5.41) is 12.3. The molecular weight excluding hydrogens is 330 g/mol. The molecule has 4 nitrogen and oxygen atoms in total. The van der Waals surface area contributed by atoms with Crippen molar-refractivity contribution in [3.8, 4) is 6.07 Å². The molecule has 3 rings (SSSR count). The minimum atomic E-state index is 0.309. The Balaban J connectivity index is 1.89. The Morgan fingerprint density at radius 2 is 1.95 bits per heavy atom. The Morgan fingerprint density at radius 1 is 1.19 bits per heavy atom. The molecule has 1 N–H and O–H groups in total. The van der Waals surface area contributed by atoms with Gasteiger partial charge in [0.05, 0.1) is 0 Å². The lowest BCUT2D eigenvalue weighted by Gasteiger charge is -2.00. The van der Waals surface area contributed by atoms with E-state index in [4.69, 9.17) is 4.42 Å². The van der Waals surface area contributed by atoms with E-state index in [9.17, 15) is 5.26 Å². The Bertz CT molecular complexity index is 811. The number of hydrogen-bond acceptors (Lipinski definition) is 4. The van der Waals surface area contributed by atoms with E-state index in [0.29, 0.717) is 17.0 Å². The molecule has 0 saturated heterocycles. The van der Waals surface area contributed by atoms with Gasteiger partial charge < -0.3 is 9.73 Å². The number of nitrogens with one attached hydrogen (secondary N) is 1. The molecule has 0 radical (unpaired) electrons. The molecule has 1 aromatic heterocycles. The average molecular weight is 340 g/mol. The van der Waals surface area contributed by atoms with Gasteiger partial charge in [-0.25, -0.2) is 4.98 Å². The number of nitriles is 1. The van der Waals surface area contributed by atoms with Gasteiger partial charge in [0.1, 0.15) is 17.2 Å². The van der Waals surface area contributed by atoms with E-state index < -0.39 is 0 Å². The first kappa shape index (κ1) is 13.4. The minimum absolute atomic E-state index is 0.309. The van der Waals surface area contributed by atoms with E-state index in [1.54, 1.807) is 6.20 Å². The van der Waals surface area contributed by atoms with Crippen LogP contribution in [0.25, 0.3) is 16.7 Å². The number of fused-ring (bicyclic) bond motifs is 1. The molecule has 0 atom stereocenters. The Labute approximate surface area is 129 Å². The van der Waals surface area contributed by atoms with Crippen molar-refractivity contribution >= 4 is 38.3 Å². The number of halogens is 1. The third-order valence-corrected chi connectivity index (χ3v) is 3.40. The number of aromatic nitrogens is 1. The molecule has 0 spiro atoms. The van der Waals surface area contributed by atoms with E-state index in [0.717, 1.165) is 15.7 Å². The second-order valence-corrected chi connectivity index (χ2v) is 5.22. The standard InChI is InChI=1S/C16H10BrN3O/c17-12-5-7-13(8-6-12)19-10-11(9-18)16-20-14-3-1-2-4-15(14)21-16/h1-8,10,19H/b11-10+. The van der Waals surface area contributed by atoms with Gasteiger partial charge >= 0.3 is 0 Å². The maximum absolute atomic E-state index is 9.26. The normalized spacial score (nSPS) is 11.3. The summed E-state index contributed by atoms with van der Waals surface area (Å²) >= 11 is 3.37. The van der Waals surface area contributed by atoms with Crippen LogP contribution in [-0.2, 0) is 0 Å². The largest absolute Gasteiger partial charge is 0.435 e. The third kappa shape index (κ3) is 2.96. The summed E-state index contributed by atoms with van der Waals surface area (Å²) in [5.74, 6) is 0.309. The number of oxazole rings is 1. The first-order chi connectivity index (χ1) is 10.3. The van der Waals surface area contributed by atoms with E-state index >= 15 is 0 Å². The predicted octanol–water partition coefficient (Wildman–Crippen LogP) is 4.57. The number of anilines is 1. The molecular formula is C16H10BrN3O. The number of rotatable bonds is 3. The first-order valence-electron chi connectivity index (χ1n) is 6.24. The second kappa shape index (κ2) is 5.81. The molecule has 0 saturated carbocycles. The third-order valence-electron chi connectivity index (χ3n) is 2.87. The van der Waals surface area contributed by atoms with Crippen LogP contribution in [0, 0.1) is 11.3 Å². The lowest BCUT2D eigenvalue weighted by molar-refractivity contribution is 0.586. The van der Waals surface area contributed by atoms with Crippen LogP contribution >= 0.6 is 15.9 Å². The quantitative estimate of drug-likeness (QED) is 0.710. The fourth-order valence-corrected chi connectivity index (χ4v) is 2.10. The second-order valence-electron chi connectivity index (χ2n) is 4.31. The molecule has 0 aliphatic heterocycles. The SMILES string of the molecule is N#C/C(=C\Nc1ccc(Br)cc1)c1nc2ccccc2o1. The molecule has 0 fully saturated rings. The summed E-state index contributed by atoms with van der Waals surface area (Å²) in [6.45, 7) is 0. The molecule has 0 aliphatic rings. The van der Waals surface area contributed by atoms with Gasteiger partial charge in [-0.3, -0.25) is 0 Å². The number of para-hydroxylation sites is 2. The summed E-state index contributed by atoms with van der Waals surface area (Å²) in [6.07, 6.45) is 1.59. The van der Waals surface area contributed by atoms with Crippen LogP contribution in [0.2, 0.25) is 0 Å². The van der Waals surface area contributed by atoms with Crippen molar-refractivity contribution in [3.05, 3.63) is 65.1 Å². The number of hydrogen-bond donors (Lipinski definition) is 1. The fourth-order valence-electron chi connectivity index (χ4n) is 1.83. The Morgan fingerprint density at radius 3 is 2.67 bits per heavy atom. The lowest BCUT2D eigenvalue weighted by Crippen LogP contribution is -1.90. The first-order valence-corrected chi connectivity index (χ1v) is 7.04. The lowest BCUT2D eigenvalue weighted by atomic mass is 10.3. The molecule has 1 heterocycles. The number of benzene rings is 2. The fraction of sp³-hybridized carbons (Fsp3) is 0. The molecule has 3 aromatic rings. The molecule has 0 bridgehead atoms. The van der Waals surface area contributed by atoms with Crippen molar-refractivity contribution in [2.75, 3.05) is 5.32 Å². The molecule has 2 aromatic carbocycles. The summed E-state index contributed by atoms with van der Waals surface area (Å²) in [4.78, 5) is 4.31. The van der Waals surface area contributed by atoms with Crippen molar-refractivity contribution in [2.45, 2.75) is 0 Å². The molecule has 102 valence electrons. The van der Waals surface area contributed by atoms with Crippen LogP contribution in [0.3, 0.4) is 0 Å². The van der Waals surface area contributed by atoms with Crippen molar-refractivity contribution in [1.29, 1.82) is 5.26 Å². The highest BCUT2D eigenvalue weighted by Gasteiger charge is 2.09. The van der Waals surface area contributed by atoms with E-state index in [2.05, 4.69) is 32.3 Å². The van der Waals surface area contributed by atoms with Crippen LogP contribution in [0.15, 0.2) is 63.6 Å². The van der Waals surface area contributed by atoms with E-state index in [1.165, 1.54) is 0 Å². The number of allylic oxidation sites excluding steroid dienone is 1. The van der Waals surface area contributed by atoms with Crippen LogP contribution in [0.5, 0.6) is 0 Å². The zero-order valence-corrected chi connectivity index (χ0v) is 12.5. The molecule has 21 heavy (non-hydrogen) atoms. The summed E-state index contributed by atoms with van der Waals surface area (Å²) < 4.78 is 6.58. The van der Waals surface area contributed by atoms with Crippen LogP contribution < -0.4 is 5.32 Å². The molecule has 0 unspecified atom stereocenters. The highest BCUT2D eigenvalue weighted by molar-refractivity contribution is 9.10. The van der Waals surface area contributed by atoms with Crippen molar-refractivity contribution < 1.29 is 4.42 Å². The van der Waals surface area contributed by atoms with Gasteiger partial charge in [-0.05, 0) is 36.4 Å². The zero-order chi connectivity index (χ0) is 14.7. The van der Waals surface area contributed by atoms with E-state index in [1.807, 2.05) is 48.5 Å². The van der Waals surface area contributed by atoms with Gasteiger partial charge in [0.25, 0.3) is 0 Å². The van der Waals surface area contributed by atoms with Gasteiger partial charge in [-0.15, -0.1) is 0 Å². The molecule has 5 heteroatoms. The van der Waals surface area contributed by atoms with E-state index in [-0.39, 0.29) is 0 Å². The van der Waals surface area contributed by atoms with Crippen molar-refractivity contribution in [1.82, 2.24) is 4.98 Å². The topological polar surface area (TPSA) is 61.9 Å².